The van der Waals surface area contributed by atoms with Crippen LogP contribution >= 0.6 is 45.2 Å². The Kier molecular flexibility index (Phi) is 8.96. The Morgan fingerprint density at radius 1 is 1.21 bits per heavy atom. The second kappa shape index (κ2) is 11.2. The molecule has 3 N–H and O–H groups in total. The number of nitrogens with one attached hydrogen (secondary N) is 2. The minimum atomic E-state index is -0.835. The molecule has 2 amide bonds. The number of amides is 2. The van der Waals surface area contributed by atoms with Gasteiger partial charge in [-0.1, -0.05) is 30.3 Å². The molecule has 148 valence electrons. The minimum absolute atomic E-state index is 0.210. The molecule has 2 rings (SSSR count). The second-order valence-corrected chi connectivity index (χ2v) is 8.00. The van der Waals surface area contributed by atoms with Crippen LogP contribution in [0.3, 0.4) is 0 Å². The molecule has 28 heavy (non-hydrogen) atoms. The number of carbonyl (C=O) groups excluding carboxylic acids is 2. The zero-order chi connectivity index (χ0) is 20.5. The number of hydrazone groups is 1. The van der Waals surface area contributed by atoms with Gasteiger partial charge in [0.15, 0.2) is 0 Å². The number of carbonyl (C=O) groups is 2. The van der Waals surface area contributed by atoms with Gasteiger partial charge in [0.2, 0.25) is 0 Å². The van der Waals surface area contributed by atoms with Crippen LogP contribution in [0.4, 0.5) is 4.79 Å². The summed E-state index contributed by atoms with van der Waals surface area (Å²) in [4.78, 5) is 24.3. The molecule has 2 aromatic carbocycles. The normalized spacial score (nSPS) is 11.8. The lowest BCUT2D eigenvalue weighted by Crippen LogP contribution is -2.47. The van der Waals surface area contributed by atoms with E-state index in [1.54, 1.807) is 19.1 Å². The van der Waals surface area contributed by atoms with Crippen molar-refractivity contribution in [2.45, 2.75) is 19.4 Å². The number of rotatable bonds is 7. The van der Waals surface area contributed by atoms with Crippen LogP contribution in [0.2, 0.25) is 0 Å². The summed E-state index contributed by atoms with van der Waals surface area (Å²) >= 11 is 4.04. The van der Waals surface area contributed by atoms with Crippen LogP contribution in [-0.2, 0) is 16.0 Å². The van der Waals surface area contributed by atoms with Gasteiger partial charge in [-0.3, -0.25) is 4.79 Å². The first kappa shape index (κ1) is 22.4. The molecule has 0 aliphatic heterocycles. The number of nitrogens with zero attached hydrogens (tertiary/aromatic N) is 1. The summed E-state index contributed by atoms with van der Waals surface area (Å²) in [6.45, 7) is 1.90. The Hall–Kier alpha value is -1.89. The number of phenols is 1. The lowest BCUT2D eigenvalue weighted by molar-refractivity contribution is -0.123. The molecule has 0 unspecified atom stereocenters. The fourth-order valence-corrected chi connectivity index (χ4v) is 4.10. The van der Waals surface area contributed by atoms with Crippen molar-refractivity contribution in [3.63, 3.8) is 0 Å². The molecule has 0 aliphatic carbocycles. The zero-order valence-corrected chi connectivity index (χ0v) is 19.3. The van der Waals surface area contributed by atoms with Gasteiger partial charge < -0.3 is 15.2 Å². The van der Waals surface area contributed by atoms with Crippen molar-refractivity contribution < 1.29 is 19.4 Å². The molecule has 9 heteroatoms. The number of aromatic hydroxyl groups is 1. The van der Waals surface area contributed by atoms with E-state index in [-0.39, 0.29) is 12.4 Å². The maximum absolute atomic E-state index is 12.5. The lowest BCUT2D eigenvalue weighted by atomic mass is 10.1. The van der Waals surface area contributed by atoms with Crippen molar-refractivity contribution in [3.05, 3.63) is 60.7 Å². The number of alkyl carbamates (subject to hydrolysis) is 1. The summed E-state index contributed by atoms with van der Waals surface area (Å²) in [6.07, 6.45) is 1.12. The van der Waals surface area contributed by atoms with E-state index in [0.717, 1.165) is 11.1 Å². The van der Waals surface area contributed by atoms with Gasteiger partial charge >= 0.3 is 6.09 Å². The highest BCUT2D eigenvalue weighted by Crippen LogP contribution is 2.26. The zero-order valence-electron chi connectivity index (χ0n) is 15.0. The van der Waals surface area contributed by atoms with Crippen molar-refractivity contribution >= 4 is 63.4 Å². The topological polar surface area (TPSA) is 100 Å². The molecule has 0 saturated carbocycles. The van der Waals surface area contributed by atoms with Gasteiger partial charge in [-0.15, -0.1) is 0 Å². The Morgan fingerprint density at radius 2 is 1.86 bits per heavy atom. The summed E-state index contributed by atoms with van der Waals surface area (Å²) in [5.74, 6) is -0.250. The Labute approximate surface area is 190 Å². The van der Waals surface area contributed by atoms with Gasteiger partial charge in [-0.2, -0.15) is 5.10 Å². The third-order valence-corrected chi connectivity index (χ3v) is 5.24. The summed E-state index contributed by atoms with van der Waals surface area (Å²) in [7, 11) is 0. The molecular formula is C19H19I2N3O4. The average Bonchev–Trinajstić information content (AvgIpc) is 2.66. The largest absolute Gasteiger partial charge is 0.506 e. The summed E-state index contributed by atoms with van der Waals surface area (Å²) in [5.41, 5.74) is 4.07. The van der Waals surface area contributed by atoms with Crippen LogP contribution < -0.4 is 10.7 Å². The van der Waals surface area contributed by atoms with Crippen molar-refractivity contribution in [2.24, 2.45) is 5.10 Å². The number of ether oxygens (including phenoxy) is 1. The van der Waals surface area contributed by atoms with Crippen LogP contribution in [0.1, 0.15) is 18.1 Å². The Balaban J connectivity index is 2.07. The van der Waals surface area contributed by atoms with Gasteiger partial charge in [0, 0.05) is 6.42 Å². The number of benzene rings is 2. The second-order valence-electron chi connectivity index (χ2n) is 5.67. The van der Waals surface area contributed by atoms with E-state index < -0.39 is 18.0 Å². The van der Waals surface area contributed by atoms with Crippen LogP contribution in [-0.4, -0.2) is 36.0 Å². The van der Waals surface area contributed by atoms with E-state index in [4.69, 9.17) is 4.74 Å². The van der Waals surface area contributed by atoms with E-state index >= 15 is 0 Å². The van der Waals surface area contributed by atoms with Crippen LogP contribution in [0, 0.1) is 7.14 Å². The minimum Gasteiger partial charge on any atom is -0.506 e. The van der Waals surface area contributed by atoms with E-state index in [1.165, 1.54) is 6.21 Å². The molecule has 0 saturated heterocycles. The predicted molar refractivity (Wildman–Crippen MR) is 123 cm³/mol. The molecule has 7 nitrogen and oxygen atoms in total. The number of hydrogen-bond donors (Lipinski definition) is 3. The number of hydrogen-bond acceptors (Lipinski definition) is 5. The highest BCUT2D eigenvalue weighted by molar-refractivity contribution is 14.1. The first-order chi connectivity index (χ1) is 13.4. The van der Waals surface area contributed by atoms with Gasteiger partial charge in [0.25, 0.3) is 5.91 Å². The standard InChI is InChI=1S/C19H19I2N3O4/c1-2-28-19(27)23-16(10-12-6-4-3-5-7-12)18(26)24-22-11-13-8-14(20)17(25)15(21)9-13/h3-9,11,16,25H,2,10H2,1H3,(H,23,27)(H,24,26)/b22-11-/t16-/m1/s1. The molecule has 0 bridgehead atoms. The van der Waals surface area contributed by atoms with E-state index in [1.807, 2.05) is 75.5 Å². The average molecular weight is 607 g/mol. The van der Waals surface area contributed by atoms with Crippen LogP contribution in [0.25, 0.3) is 0 Å². The first-order valence-corrected chi connectivity index (χ1v) is 10.5. The highest BCUT2D eigenvalue weighted by atomic mass is 127. The lowest BCUT2D eigenvalue weighted by Gasteiger charge is -2.16. The molecule has 2 aromatic rings. The van der Waals surface area contributed by atoms with Crippen molar-refractivity contribution in [1.82, 2.24) is 10.7 Å². The molecule has 1 atom stereocenters. The molecular weight excluding hydrogens is 588 g/mol. The highest BCUT2D eigenvalue weighted by Gasteiger charge is 2.21. The summed E-state index contributed by atoms with van der Waals surface area (Å²) in [6, 6.07) is 12.0. The monoisotopic (exact) mass is 607 g/mol. The third-order valence-electron chi connectivity index (χ3n) is 3.59. The molecule has 0 heterocycles. The van der Waals surface area contributed by atoms with Gasteiger partial charge in [0.1, 0.15) is 11.8 Å². The molecule has 0 fully saturated rings. The smallest absolute Gasteiger partial charge is 0.407 e. The van der Waals surface area contributed by atoms with Gasteiger partial charge in [-0.25, -0.2) is 10.2 Å². The van der Waals surface area contributed by atoms with Crippen molar-refractivity contribution in [3.8, 4) is 5.75 Å². The summed E-state index contributed by atoms with van der Waals surface area (Å²) in [5, 5.41) is 16.3. The molecule has 0 radical (unpaired) electrons. The van der Waals surface area contributed by atoms with Gasteiger partial charge in [-0.05, 0) is 75.4 Å². The van der Waals surface area contributed by atoms with Crippen LogP contribution in [0.15, 0.2) is 47.6 Å². The van der Waals surface area contributed by atoms with Crippen molar-refractivity contribution in [1.29, 1.82) is 0 Å². The molecule has 0 aromatic heterocycles. The first-order valence-electron chi connectivity index (χ1n) is 8.38. The van der Waals surface area contributed by atoms with Crippen molar-refractivity contribution in [2.75, 3.05) is 6.61 Å². The predicted octanol–water partition coefficient (Wildman–Crippen LogP) is 3.41. The van der Waals surface area contributed by atoms with E-state index in [2.05, 4.69) is 15.8 Å². The molecule has 0 aliphatic rings. The number of phenolic OH excluding ortho intramolecular Hbond substituents is 1. The quantitative estimate of drug-likeness (QED) is 0.256. The third kappa shape index (κ3) is 6.93. The van der Waals surface area contributed by atoms with Gasteiger partial charge in [0.05, 0.1) is 20.0 Å². The Bertz CT molecular complexity index is 837. The SMILES string of the molecule is CCOC(=O)N[C@H](Cc1ccccc1)C(=O)N/N=C\c1cc(I)c(O)c(I)c1. The summed E-state index contributed by atoms with van der Waals surface area (Å²) < 4.78 is 6.24. The number of halogens is 2. The van der Waals surface area contributed by atoms with E-state index in [0.29, 0.717) is 13.6 Å². The maximum Gasteiger partial charge on any atom is 0.407 e. The van der Waals surface area contributed by atoms with E-state index in [9.17, 15) is 14.7 Å². The maximum atomic E-state index is 12.5. The Morgan fingerprint density at radius 3 is 2.46 bits per heavy atom. The van der Waals surface area contributed by atoms with Crippen LogP contribution in [0.5, 0.6) is 5.75 Å². The fourth-order valence-electron chi connectivity index (χ4n) is 2.28. The fraction of sp³-hybridized carbons (Fsp3) is 0.211. The molecule has 0 spiro atoms.